The van der Waals surface area contributed by atoms with E-state index in [1.807, 2.05) is 0 Å². The van der Waals surface area contributed by atoms with Crippen LogP contribution in [-0.2, 0) is 0 Å². The molecule has 1 saturated carbocycles. The Hall–Kier alpha value is -1.47. The number of nitrogens with zero attached hydrogens (tertiary/aromatic N) is 3. The molecular formula is C11H9FN4S2. The molecule has 1 aliphatic carbocycles. The van der Waals surface area contributed by atoms with Crippen molar-refractivity contribution in [2.45, 2.75) is 18.8 Å². The second-order valence-electron chi connectivity index (χ2n) is 4.03. The summed E-state index contributed by atoms with van der Waals surface area (Å²) in [5.74, 6) is 0.207. The van der Waals surface area contributed by atoms with Gasteiger partial charge in [0.05, 0.1) is 0 Å². The lowest BCUT2D eigenvalue weighted by molar-refractivity contribution is 0.625. The van der Waals surface area contributed by atoms with Crippen LogP contribution < -0.4 is 5.32 Å². The van der Waals surface area contributed by atoms with Gasteiger partial charge in [0.15, 0.2) is 0 Å². The molecule has 7 heteroatoms. The van der Waals surface area contributed by atoms with Gasteiger partial charge in [0.1, 0.15) is 21.5 Å². The Labute approximate surface area is 112 Å². The summed E-state index contributed by atoms with van der Waals surface area (Å²) in [6, 6.07) is 2.57. The first-order valence-corrected chi connectivity index (χ1v) is 6.71. The Bertz CT molecular complexity index is 594. The van der Waals surface area contributed by atoms with E-state index < -0.39 is 0 Å². The Balaban J connectivity index is 1.73. The number of pyridine rings is 1. The van der Waals surface area contributed by atoms with Crippen molar-refractivity contribution < 1.29 is 4.39 Å². The van der Waals surface area contributed by atoms with Crippen molar-refractivity contribution in [1.82, 2.24) is 15.2 Å². The summed E-state index contributed by atoms with van der Waals surface area (Å²) < 4.78 is 13.0. The Kier molecular flexibility index (Phi) is 3.00. The minimum absolute atomic E-state index is 0.355. The van der Waals surface area contributed by atoms with Gasteiger partial charge in [0.2, 0.25) is 5.13 Å². The Morgan fingerprint density at radius 1 is 1.44 bits per heavy atom. The maximum atomic E-state index is 13.0. The highest BCUT2D eigenvalue weighted by atomic mass is 32.1. The summed E-state index contributed by atoms with van der Waals surface area (Å²) in [5, 5.41) is 12.7. The van der Waals surface area contributed by atoms with Crippen molar-refractivity contribution in [1.29, 1.82) is 0 Å². The molecule has 2 aromatic heterocycles. The van der Waals surface area contributed by atoms with Crippen LogP contribution in [0.15, 0.2) is 18.3 Å². The lowest BCUT2D eigenvalue weighted by atomic mass is 10.3. The van der Waals surface area contributed by atoms with Gasteiger partial charge < -0.3 is 5.32 Å². The quantitative estimate of drug-likeness (QED) is 0.876. The lowest BCUT2D eigenvalue weighted by Crippen LogP contribution is -2.12. The summed E-state index contributed by atoms with van der Waals surface area (Å²) in [4.78, 5) is 4.36. The fourth-order valence-corrected chi connectivity index (χ4v) is 2.66. The number of rotatable bonds is 3. The standard InChI is InChI=1S/C11H9FN4S2/c12-7-3-4-13-8(5-7)9(17)14-11-16-15-10(18-11)6-1-2-6/h3-6H,1-2H2,(H,14,16,17). The fourth-order valence-electron chi connectivity index (χ4n) is 1.47. The normalized spacial score (nSPS) is 14.5. The zero-order chi connectivity index (χ0) is 12.5. The minimum Gasteiger partial charge on any atom is -0.319 e. The summed E-state index contributed by atoms with van der Waals surface area (Å²) in [7, 11) is 0. The highest BCUT2D eigenvalue weighted by Gasteiger charge is 2.27. The molecule has 0 unspecified atom stereocenters. The summed E-state index contributed by atoms with van der Waals surface area (Å²) in [6.07, 6.45) is 3.75. The topological polar surface area (TPSA) is 50.7 Å². The molecule has 0 atom stereocenters. The van der Waals surface area contributed by atoms with E-state index in [1.165, 1.54) is 42.5 Å². The molecule has 0 saturated heterocycles. The van der Waals surface area contributed by atoms with Gasteiger partial charge in [-0.05, 0) is 18.9 Å². The van der Waals surface area contributed by atoms with E-state index in [-0.39, 0.29) is 5.82 Å². The van der Waals surface area contributed by atoms with Crippen LogP contribution in [0.5, 0.6) is 0 Å². The Morgan fingerprint density at radius 3 is 3.00 bits per heavy atom. The third-order valence-corrected chi connectivity index (χ3v) is 3.85. The van der Waals surface area contributed by atoms with Crippen LogP contribution >= 0.6 is 23.6 Å². The molecule has 18 heavy (non-hydrogen) atoms. The first-order valence-electron chi connectivity index (χ1n) is 5.48. The van der Waals surface area contributed by atoms with Crippen LogP contribution in [0.25, 0.3) is 0 Å². The molecule has 1 aliphatic rings. The molecule has 0 radical (unpaired) electrons. The number of halogens is 1. The smallest absolute Gasteiger partial charge is 0.210 e. The van der Waals surface area contributed by atoms with E-state index >= 15 is 0 Å². The molecule has 3 rings (SSSR count). The zero-order valence-electron chi connectivity index (χ0n) is 9.26. The molecule has 0 aromatic carbocycles. The van der Waals surface area contributed by atoms with E-state index in [2.05, 4.69) is 20.5 Å². The highest BCUT2D eigenvalue weighted by molar-refractivity contribution is 7.81. The van der Waals surface area contributed by atoms with Gasteiger partial charge in [0, 0.05) is 18.2 Å². The van der Waals surface area contributed by atoms with E-state index in [0.717, 1.165) is 5.01 Å². The molecule has 4 nitrogen and oxygen atoms in total. The average molecular weight is 280 g/mol. The molecule has 92 valence electrons. The minimum atomic E-state index is -0.361. The van der Waals surface area contributed by atoms with Crippen molar-refractivity contribution in [2.24, 2.45) is 0 Å². The number of hydrogen-bond acceptors (Lipinski definition) is 5. The molecule has 2 aromatic rings. The lowest BCUT2D eigenvalue weighted by Gasteiger charge is -2.02. The summed E-state index contributed by atoms with van der Waals surface area (Å²) >= 11 is 6.64. The molecule has 0 amide bonds. The van der Waals surface area contributed by atoms with E-state index in [0.29, 0.717) is 21.7 Å². The van der Waals surface area contributed by atoms with Gasteiger partial charge in [-0.15, -0.1) is 10.2 Å². The Morgan fingerprint density at radius 2 is 2.28 bits per heavy atom. The van der Waals surface area contributed by atoms with E-state index in [9.17, 15) is 4.39 Å². The van der Waals surface area contributed by atoms with Gasteiger partial charge in [-0.1, -0.05) is 23.6 Å². The van der Waals surface area contributed by atoms with Gasteiger partial charge >= 0.3 is 0 Å². The molecule has 1 fully saturated rings. The maximum absolute atomic E-state index is 13.0. The van der Waals surface area contributed by atoms with Crippen molar-refractivity contribution in [3.63, 3.8) is 0 Å². The number of hydrogen-bond donors (Lipinski definition) is 1. The second kappa shape index (κ2) is 4.66. The highest BCUT2D eigenvalue weighted by Crippen LogP contribution is 2.42. The predicted octanol–water partition coefficient (Wildman–Crippen LogP) is 2.74. The fraction of sp³-hybridized carbons (Fsp3) is 0.273. The summed E-state index contributed by atoms with van der Waals surface area (Å²) in [5.41, 5.74) is 0.396. The third kappa shape index (κ3) is 2.51. The largest absolute Gasteiger partial charge is 0.319 e. The summed E-state index contributed by atoms with van der Waals surface area (Å²) in [6.45, 7) is 0. The van der Waals surface area contributed by atoms with Crippen LogP contribution in [0.2, 0.25) is 0 Å². The van der Waals surface area contributed by atoms with Crippen LogP contribution in [0.3, 0.4) is 0 Å². The second-order valence-corrected chi connectivity index (χ2v) is 5.45. The van der Waals surface area contributed by atoms with Crippen LogP contribution in [0.4, 0.5) is 9.52 Å². The van der Waals surface area contributed by atoms with Crippen LogP contribution in [-0.4, -0.2) is 20.2 Å². The SMILES string of the molecule is Fc1ccnc(C(=S)Nc2nnc(C3CC3)s2)c1. The molecule has 0 bridgehead atoms. The van der Waals surface area contributed by atoms with Crippen molar-refractivity contribution in [3.05, 3.63) is 34.8 Å². The number of anilines is 1. The third-order valence-electron chi connectivity index (χ3n) is 2.54. The molecular weight excluding hydrogens is 271 g/mol. The molecule has 2 heterocycles. The van der Waals surface area contributed by atoms with E-state index in [4.69, 9.17) is 12.2 Å². The van der Waals surface area contributed by atoms with Gasteiger partial charge in [-0.3, -0.25) is 4.98 Å². The van der Waals surface area contributed by atoms with E-state index in [1.54, 1.807) is 0 Å². The van der Waals surface area contributed by atoms with Crippen molar-refractivity contribution in [3.8, 4) is 0 Å². The number of nitrogens with one attached hydrogen (secondary N) is 1. The van der Waals surface area contributed by atoms with Crippen LogP contribution in [0.1, 0.15) is 29.5 Å². The first kappa shape index (κ1) is 11.6. The van der Waals surface area contributed by atoms with Gasteiger partial charge in [-0.2, -0.15) is 0 Å². The monoisotopic (exact) mass is 280 g/mol. The average Bonchev–Trinajstić information content (AvgIpc) is 3.11. The van der Waals surface area contributed by atoms with Crippen molar-refractivity contribution in [2.75, 3.05) is 5.32 Å². The first-order chi connectivity index (χ1) is 8.72. The maximum Gasteiger partial charge on any atom is 0.210 e. The van der Waals surface area contributed by atoms with Crippen LogP contribution in [0, 0.1) is 5.82 Å². The molecule has 0 aliphatic heterocycles. The molecule has 0 spiro atoms. The van der Waals surface area contributed by atoms with Gasteiger partial charge in [-0.25, -0.2) is 4.39 Å². The predicted molar refractivity (Wildman–Crippen MR) is 71.4 cm³/mol. The van der Waals surface area contributed by atoms with Crippen molar-refractivity contribution >= 4 is 33.7 Å². The number of aromatic nitrogens is 3. The zero-order valence-corrected chi connectivity index (χ0v) is 10.9. The number of thiocarbonyl (C=S) groups is 1. The van der Waals surface area contributed by atoms with Gasteiger partial charge in [0.25, 0.3) is 0 Å². The molecule has 1 N–H and O–H groups in total.